The average Bonchev–Trinajstić information content (AvgIpc) is 3.74. The van der Waals surface area contributed by atoms with Crippen molar-refractivity contribution in [1.82, 2.24) is 24.5 Å². The molecule has 0 aliphatic carbocycles. The molecular formula is C45H28BrN5. The molecule has 5 nitrogen and oxygen atoms in total. The Balaban J connectivity index is 1.10. The van der Waals surface area contributed by atoms with Gasteiger partial charge in [0, 0.05) is 59.4 Å². The van der Waals surface area contributed by atoms with Crippen LogP contribution in [-0.2, 0) is 0 Å². The van der Waals surface area contributed by atoms with Gasteiger partial charge in [-0.05, 0) is 47.5 Å². The molecule has 1 N–H and O–H groups in total. The minimum Gasteiger partial charge on any atom is -0.354 e. The Morgan fingerprint density at radius 3 is 1.73 bits per heavy atom. The molecule has 0 radical (unpaired) electrons. The summed E-state index contributed by atoms with van der Waals surface area (Å²) >= 11 is 3.91. The van der Waals surface area contributed by atoms with Crippen molar-refractivity contribution in [3.05, 3.63) is 168 Å². The topological polar surface area (TPSA) is 59.4 Å². The molecule has 6 heteroatoms. The van der Waals surface area contributed by atoms with Gasteiger partial charge in [0.15, 0.2) is 17.5 Å². The second kappa shape index (κ2) is 11.9. The van der Waals surface area contributed by atoms with Crippen molar-refractivity contribution >= 4 is 59.5 Å². The van der Waals surface area contributed by atoms with Crippen LogP contribution in [0.3, 0.4) is 0 Å². The number of nitrogens with zero attached hydrogens (tertiary/aromatic N) is 4. The third kappa shape index (κ3) is 4.95. The number of fused-ring (bicyclic) bond motifs is 7. The summed E-state index contributed by atoms with van der Waals surface area (Å²) in [6.45, 7) is 0. The van der Waals surface area contributed by atoms with Crippen LogP contribution < -0.4 is 0 Å². The standard InChI is InChI=1S/C45H28BrN5/c46-37-26-31(45-49-43(28-12-4-1-5-13-28)48-44(50-45)29-14-6-2-7-15-29)21-22-33(37)30-20-23-36-39(27-30)47-38-25-24-35-34-18-10-11-19-40(34)51(42(35)41(36)38)32-16-8-3-9-17-32/h1-27,47H. The van der Waals surface area contributed by atoms with Gasteiger partial charge in [-0.3, -0.25) is 0 Å². The lowest BCUT2D eigenvalue weighted by Gasteiger charge is -2.11. The van der Waals surface area contributed by atoms with Crippen molar-refractivity contribution in [2.24, 2.45) is 0 Å². The summed E-state index contributed by atoms with van der Waals surface area (Å²) in [5, 5.41) is 4.91. The molecule has 10 aromatic rings. The number of hydrogen-bond donors (Lipinski definition) is 1. The van der Waals surface area contributed by atoms with Gasteiger partial charge < -0.3 is 9.55 Å². The van der Waals surface area contributed by atoms with E-state index in [2.05, 4.69) is 129 Å². The fourth-order valence-corrected chi connectivity index (χ4v) is 7.89. The molecule has 51 heavy (non-hydrogen) atoms. The zero-order chi connectivity index (χ0) is 33.9. The minimum absolute atomic E-state index is 0.624. The van der Waals surface area contributed by atoms with E-state index in [1.165, 1.54) is 32.6 Å². The van der Waals surface area contributed by atoms with Crippen molar-refractivity contribution < 1.29 is 0 Å². The lowest BCUT2D eigenvalue weighted by atomic mass is 10.0. The van der Waals surface area contributed by atoms with E-state index in [9.17, 15) is 0 Å². The first-order valence-corrected chi connectivity index (χ1v) is 17.7. The first-order valence-electron chi connectivity index (χ1n) is 16.9. The second-order valence-corrected chi connectivity index (χ2v) is 13.5. The number of hydrogen-bond acceptors (Lipinski definition) is 3. The first-order chi connectivity index (χ1) is 25.2. The predicted octanol–water partition coefficient (Wildman–Crippen LogP) is 12.0. The van der Waals surface area contributed by atoms with Crippen molar-refractivity contribution in [2.45, 2.75) is 0 Å². The number of para-hydroxylation sites is 2. The van der Waals surface area contributed by atoms with Crippen LogP contribution in [-0.4, -0.2) is 24.5 Å². The van der Waals surface area contributed by atoms with Crippen LogP contribution in [0.25, 0.3) is 94.6 Å². The van der Waals surface area contributed by atoms with Gasteiger partial charge in [0.1, 0.15) is 0 Å². The number of nitrogens with one attached hydrogen (secondary N) is 1. The number of halogens is 1. The summed E-state index contributed by atoms with van der Waals surface area (Å²) in [7, 11) is 0. The van der Waals surface area contributed by atoms with Gasteiger partial charge >= 0.3 is 0 Å². The predicted molar refractivity (Wildman–Crippen MR) is 213 cm³/mol. The number of benzene rings is 7. The van der Waals surface area contributed by atoms with E-state index in [1.807, 2.05) is 60.7 Å². The summed E-state index contributed by atoms with van der Waals surface area (Å²) in [6.07, 6.45) is 0. The summed E-state index contributed by atoms with van der Waals surface area (Å²) < 4.78 is 3.36. The molecule has 3 heterocycles. The maximum atomic E-state index is 4.93. The van der Waals surface area contributed by atoms with Gasteiger partial charge in [0.05, 0.1) is 11.0 Å². The highest BCUT2D eigenvalue weighted by Crippen LogP contribution is 2.41. The molecule has 0 unspecified atom stereocenters. The Kier molecular flexibility index (Phi) is 6.89. The molecule has 0 atom stereocenters. The third-order valence-corrected chi connectivity index (χ3v) is 10.3. The van der Waals surface area contributed by atoms with Gasteiger partial charge in [-0.1, -0.05) is 143 Å². The molecule has 3 aromatic heterocycles. The van der Waals surface area contributed by atoms with Crippen LogP contribution >= 0.6 is 15.9 Å². The first kappa shape index (κ1) is 29.5. The van der Waals surface area contributed by atoms with Gasteiger partial charge in [-0.2, -0.15) is 0 Å². The molecular weight excluding hydrogens is 690 g/mol. The van der Waals surface area contributed by atoms with Crippen molar-refractivity contribution in [2.75, 3.05) is 0 Å². The molecule has 0 spiro atoms. The van der Waals surface area contributed by atoms with E-state index < -0.39 is 0 Å². The van der Waals surface area contributed by atoms with Gasteiger partial charge in [-0.15, -0.1) is 0 Å². The zero-order valence-corrected chi connectivity index (χ0v) is 28.8. The quantitative estimate of drug-likeness (QED) is 0.193. The highest BCUT2D eigenvalue weighted by Gasteiger charge is 2.19. The monoisotopic (exact) mass is 717 g/mol. The van der Waals surface area contributed by atoms with E-state index in [4.69, 9.17) is 15.0 Å². The van der Waals surface area contributed by atoms with E-state index in [1.54, 1.807) is 0 Å². The van der Waals surface area contributed by atoms with E-state index in [0.29, 0.717) is 17.5 Å². The summed E-state index contributed by atoms with van der Waals surface area (Å²) in [4.78, 5) is 18.5. The lowest BCUT2D eigenvalue weighted by molar-refractivity contribution is 1.07. The Morgan fingerprint density at radius 1 is 0.451 bits per heavy atom. The fraction of sp³-hybridized carbons (Fsp3) is 0. The van der Waals surface area contributed by atoms with Crippen molar-refractivity contribution in [3.63, 3.8) is 0 Å². The number of aromatic nitrogens is 5. The van der Waals surface area contributed by atoms with Crippen LogP contribution in [0.15, 0.2) is 168 Å². The minimum atomic E-state index is 0.624. The van der Waals surface area contributed by atoms with E-state index >= 15 is 0 Å². The van der Waals surface area contributed by atoms with Crippen LogP contribution in [0.1, 0.15) is 0 Å². The Bertz CT molecular complexity index is 2860. The van der Waals surface area contributed by atoms with Crippen LogP contribution in [0.4, 0.5) is 0 Å². The second-order valence-electron chi connectivity index (χ2n) is 12.7. The third-order valence-electron chi connectivity index (χ3n) is 9.65. The number of H-pyrrole nitrogens is 1. The SMILES string of the molecule is Brc1cc(-c2nc(-c3ccccc3)nc(-c3ccccc3)n2)ccc1-c1ccc2c(c1)[nH]c1ccc3c4ccccc4n(-c4ccccc4)c3c12. The maximum Gasteiger partial charge on any atom is 0.164 e. The highest BCUT2D eigenvalue weighted by molar-refractivity contribution is 9.10. The lowest BCUT2D eigenvalue weighted by Crippen LogP contribution is -2.00. The molecule has 10 rings (SSSR count). The number of aromatic amines is 1. The van der Waals surface area contributed by atoms with Crippen LogP contribution in [0.2, 0.25) is 0 Å². The molecule has 0 fully saturated rings. The Morgan fingerprint density at radius 2 is 1.04 bits per heavy atom. The highest BCUT2D eigenvalue weighted by atomic mass is 79.9. The molecule has 7 aromatic carbocycles. The van der Waals surface area contributed by atoms with Crippen molar-refractivity contribution in [1.29, 1.82) is 0 Å². The van der Waals surface area contributed by atoms with E-state index in [0.717, 1.165) is 49.0 Å². The zero-order valence-electron chi connectivity index (χ0n) is 27.3. The summed E-state index contributed by atoms with van der Waals surface area (Å²) in [5.41, 5.74) is 10.8. The van der Waals surface area contributed by atoms with Crippen LogP contribution in [0.5, 0.6) is 0 Å². The molecule has 0 bridgehead atoms. The Hall–Kier alpha value is -6.37. The largest absolute Gasteiger partial charge is 0.354 e. The van der Waals surface area contributed by atoms with Gasteiger partial charge in [0.25, 0.3) is 0 Å². The van der Waals surface area contributed by atoms with Gasteiger partial charge in [0.2, 0.25) is 0 Å². The van der Waals surface area contributed by atoms with E-state index in [-0.39, 0.29) is 0 Å². The molecule has 0 saturated heterocycles. The summed E-state index contributed by atoms with van der Waals surface area (Å²) in [6, 6.07) is 56.9. The summed E-state index contributed by atoms with van der Waals surface area (Å²) in [5.74, 6) is 1.91. The molecule has 0 saturated carbocycles. The average molecular weight is 719 g/mol. The smallest absolute Gasteiger partial charge is 0.164 e. The molecule has 240 valence electrons. The molecule has 0 aliphatic rings. The fourth-order valence-electron chi connectivity index (χ4n) is 7.28. The molecule has 0 aliphatic heterocycles. The molecule has 0 amide bonds. The normalized spacial score (nSPS) is 11.6. The Labute approximate surface area is 302 Å². The number of rotatable bonds is 5. The van der Waals surface area contributed by atoms with Crippen LogP contribution in [0, 0.1) is 0 Å². The van der Waals surface area contributed by atoms with Crippen molar-refractivity contribution in [3.8, 4) is 51.0 Å². The maximum absolute atomic E-state index is 4.93. The van der Waals surface area contributed by atoms with Gasteiger partial charge in [-0.25, -0.2) is 15.0 Å².